The first-order valence-electron chi connectivity index (χ1n) is 6.77. The van der Waals surface area contributed by atoms with E-state index in [2.05, 4.69) is 10.6 Å². The lowest BCUT2D eigenvalue weighted by Crippen LogP contribution is -2.40. The van der Waals surface area contributed by atoms with Crippen molar-refractivity contribution < 1.29 is 22.7 Å². The molecule has 0 spiro atoms. The van der Waals surface area contributed by atoms with E-state index in [1.807, 2.05) is 0 Å². The fraction of sp³-hybridized carbons (Fsp3) is 0.385. The number of hydrogen-bond donors (Lipinski definition) is 2. The largest absolute Gasteiger partial charge is 0.379 e. The molecule has 1 aliphatic heterocycles. The molecule has 1 saturated heterocycles. The summed E-state index contributed by atoms with van der Waals surface area (Å²) in [6, 6.07) is 3.94. The van der Waals surface area contributed by atoms with Crippen LogP contribution in [-0.2, 0) is 24.3 Å². The number of amides is 2. The molecule has 0 radical (unpaired) electrons. The molecule has 126 valence electrons. The predicted octanol–water partition coefficient (Wildman–Crippen LogP) is 0.0454. The van der Waals surface area contributed by atoms with Gasteiger partial charge in [-0.2, -0.15) is 4.31 Å². The van der Waals surface area contributed by atoms with Crippen molar-refractivity contribution in [3.63, 3.8) is 0 Å². The van der Waals surface area contributed by atoms with Crippen LogP contribution in [0.15, 0.2) is 23.1 Å². The summed E-state index contributed by atoms with van der Waals surface area (Å²) in [5.74, 6) is -1.79. The van der Waals surface area contributed by atoms with E-state index in [0.717, 1.165) is 0 Å². The highest BCUT2D eigenvalue weighted by molar-refractivity contribution is 7.89. The van der Waals surface area contributed by atoms with Gasteiger partial charge in [0, 0.05) is 20.1 Å². The highest BCUT2D eigenvalue weighted by Gasteiger charge is 2.27. The molecule has 1 fully saturated rings. The molecule has 1 aromatic carbocycles. The average molecular weight is 362 g/mol. The van der Waals surface area contributed by atoms with E-state index >= 15 is 0 Å². The summed E-state index contributed by atoms with van der Waals surface area (Å²) in [5, 5.41) is 4.58. The molecule has 8 nitrogen and oxygen atoms in total. The zero-order chi connectivity index (χ0) is 17.0. The quantitative estimate of drug-likeness (QED) is 0.740. The molecule has 0 aliphatic carbocycles. The lowest BCUT2D eigenvalue weighted by molar-refractivity contribution is -0.135. The molecule has 0 saturated carbocycles. The first-order valence-corrected chi connectivity index (χ1v) is 8.58. The molecule has 2 rings (SSSR count). The van der Waals surface area contributed by atoms with Gasteiger partial charge in [0.1, 0.15) is 0 Å². The van der Waals surface area contributed by atoms with Crippen molar-refractivity contribution in [3.8, 4) is 0 Å². The SMILES string of the molecule is CNC(=O)C(=O)Nc1cc(S(=O)(=O)N2CCOCC2)ccc1Cl. The molecule has 0 unspecified atom stereocenters. The summed E-state index contributed by atoms with van der Waals surface area (Å²) in [4.78, 5) is 22.8. The predicted molar refractivity (Wildman–Crippen MR) is 83.7 cm³/mol. The Morgan fingerprint density at radius 3 is 2.48 bits per heavy atom. The van der Waals surface area contributed by atoms with Crippen molar-refractivity contribution in [1.29, 1.82) is 0 Å². The van der Waals surface area contributed by atoms with Crippen LogP contribution in [-0.4, -0.2) is 57.9 Å². The van der Waals surface area contributed by atoms with Gasteiger partial charge in [-0.25, -0.2) is 8.42 Å². The minimum absolute atomic E-state index is 0.0176. The van der Waals surface area contributed by atoms with Crippen molar-refractivity contribution in [2.75, 3.05) is 38.7 Å². The Bertz CT molecular complexity index is 716. The standard InChI is InChI=1S/C13H16ClN3O5S/c1-15-12(18)13(19)16-11-8-9(2-3-10(11)14)23(20,21)17-4-6-22-7-5-17/h2-3,8H,4-7H2,1H3,(H,15,18)(H,16,19). The number of anilines is 1. The number of halogens is 1. The minimum Gasteiger partial charge on any atom is -0.379 e. The van der Waals surface area contributed by atoms with E-state index in [0.29, 0.717) is 13.2 Å². The first kappa shape index (κ1) is 17.7. The second-order valence-electron chi connectivity index (χ2n) is 4.69. The van der Waals surface area contributed by atoms with Gasteiger partial charge in [-0.3, -0.25) is 9.59 Å². The van der Waals surface area contributed by atoms with Crippen LogP contribution in [0, 0.1) is 0 Å². The summed E-state index contributed by atoms with van der Waals surface area (Å²) >= 11 is 5.95. The molecule has 0 atom stereocenters. The second kappa shape index (κ2) is 7.26. The van der Waals surface area contributed by atoms with Gasteiger partial charge in [-0.1, -0.05) is 11.6 Å². The monoisotopic (exact) mass is 361 g/mol. The average Bonchev–Trinajstić information content (AvgIpc) is 2.56. The van der Waals surface area contributed by atoms with Crippen molar-refractivity contribution >= 4 is 39.1 Å². The lowest BCUT2D eigenvalue weighted by atomic mass is 10.3. The van der Waals surface area contributed by atoms with Crippen molar-refractivity contribution in [2.24, 2.45) is 0 Å². The highest BCUT2D eigenvalue weighted by Crippen LogP contribution is 2.27. The zero-order valence-corrected chi connectivity index (χ0v) is 13.9. The number of carbonyl (C=O) groups is 2. The highest BCUT2D eigenvalue weighted by atomic mass is 35.5. The molecule has 23 heavy (non-hydrogen) atoms. The first-order chi connectivity index (χ1) is 10.9. The van der Waals surface area contributed by atoms with Gasteiger partial charge in [0.2, 0.25) is 10.0 Å². The number of rotatable bonds is 3. The fourth-order valence-electron chi connectivity index (χ4n) is 1.99. The molecule has 1 aromatic rings. The topological polar surface area (TPSA) is 105 Å². The van der Waals surface area contributed by atoms with Gasteiger partial charge >= 0.3 is 11.8 Å². The number of morpholine rings is 1. The summed E-state index contributed by atoms with van der Waals surface area (Å²) in [7, 11) is -2.41. The van der Waals surface area contributed by atoms with Gasteiger partial charge in [0.25, 0.3) is 0 Å². The fourth-order valence-corrected chi connectivity index (χ4v) is 3.59. The van der Waals surface area contributed by atoms with E-state index in [1.54, 1.807) is 0 Å². The molecule has 2 N–H and O–H groups in total. The van der Waals surface area contributed by atoms with Gasteiger partial charge < -0.3 is 15.4 Å². The van der Waals surface area contributed by atoms with Gasteiger partial charge in [0.05, 0.1) is 28.8 Å². The van der Waals surface area contributed by atoms with Crippen LogP contribution < -0.4 is 10.6 Å². The van der Waals surface area contributed by atoms with E-state index in [9.17, 15) is 18.0 Å². The van der Waals surface area contributed by atoms with Crippen LogP contribution >= 0.6 is 11.6 Å². The number of carbonyl (C=O) groups excluding carboxylic acids is 2. The van der Waals surface area contributed by atoms with Gasteiger partial charge in [0.15, 0.2) is 0 Å². The van der Waals surface area contributed by atoms with Crippen LogP contribution in [0.4, 0.5) is 5.69 Å². The van der Waals surface area contributed by atoms with Crippen LogP contribution in [0.3, 0.4) is 0 Å². The third-order valence-electron chi connectivity index (χ3n) is 3.23. The molecule has 2 amide bonds. The van der Waals surface area contributed by atoms with Crippen LogP contribution in [0.25, 0.3) is 0 Å². The van der Waals surface area contributed by atoms with Crippen molar-refractivity contribution in [1.82, 2.24) is 9.62 Å². The van der Waals surface area contributed by atoms with Gasteiger partial charge in [-0.15, -0.1) is 0 Å². The molecule has 1 aliphatic rings. The van der Waals surface area contributed by atoms with Crippen molar-refractivity contribution in [2.45, 2.75) is 4.90 Å². The Labute approximate surface area is 138 Å². The Balaban J connectivity index is 2.29. The molecule has 0 aromatic heterocycles. The Hall–Kier alpha value is -1.68. The van der Waals surface area contributed by atoms with Crippen LogP contribution in [0.2, 0.25) is 5.02 Å². The number of benzene rings is 1. The Morgan fingerprint density at radius 1 is 1.22 bits per heavy atom. The van der Waals surface area contributed by atoms with E-state index in [4.69, 9.17) is 16.3 Å². The Morgan fingerprint density at radius 2 is 1.87 bits per heavy atom. The number of ether oxygens (including phenoxy) is 1. The third kappa shape index (κ3) is 3.99. The van der Waals surface area contributed by atoms with Crippen LogP contribution in [0.1, 0.15) is 0 Å². The van der Waals surface area contributed by atoms with Crippen molar-refractivity contribution in [3.05, 3.63) is 23.2 Å². The maximum Gasteiger partial charge on any atom is 0.313 e. The van der Waals surface area contributed by atoms with E-state index in [-0.39, 0.29) is 28.7 Å². The summed E-state index contributed by atoms with van der Waals surface area (Å²) in [5.41, 5.74) is 0.0506. The van der Waals surface area contributed by atoms with E-state index < -0.39 is 21.8 Å². The minimum atomic E-state index is -3.72. The van der Waals surface area contributed by atoms with Crippen LogP contribution in [0.5, 0.6) is 0 Å². The second-order valence-corrected chi connectivity index (χ2v) is 7.04. The maximum atomic E-state index is 12.6. The van der Waals surface area contributed by atoms with E-state index in [1.165, 1.54) is 29.6 Å². The summed E-state index contributed by atoms with van der Waals surface area (Å²) < 4.78 is 31.6. The molecular formula is C13H16ClN3O5S. The molecule has 1 heterocycles. The van der Waals surface area contributed by atoms with Gasteiger partial charge in [-0.05, 0) is 18.2 Å². The number of hydrogen-bond acceptors (Lipinski definition) is 5. The summed E-state index contributed by atoms with van der Waals surface area (Å²) in [6.07, 6.45) is 0. The number of likely N-dealkylation sites (N-methyl/N-ethyl adjacent to an activating group) is 1. The normalized spacial score (nSPS) is 15.9. The molecule has 0 bridgehead atoms. The maximum absolute atomic E-state index is 12.6. The molecule has 10 heteroatoms. The third-order valence-corrected chi connectivity index (χ3v) is 5.45. The summed E-state index contributed by atoms with van der Waals surface area (Å²) in [6.45, 7) is 1.16. The molecular weight excluding hydrogens is 346 g/mol. The Kier molecular flexibility index (Phi) is 5.58. The number of nitrogens with zero attached hydrogens (tertiary/aromatic N) is 1. The zero-order valence-electron chi connectivity index (χ0n) is 12.3. The number of nitrogens with one attached hydrogen (secondary N) is 2. The number of sulfonamides is 1. The smallest absolute Gasteiger partial charge is 0.313 e. The lowest BCUT2D eigenvalue weighted by Gasteiger charge is -2.26.